The number of methoxy groups -OCH3 is 1. The summed E-state index contributed by atoms with van der Waals surface area (Å²) in [7, 11) is 1.62. The van der Waals surface area contributed by atoms with Crippen LogP contribution in [0.4, 0.5) is 5.95 Å². The zero-order valence-corrected chi connectivity index (χ0v) is 24.1. The normalized spacial score (nSPS) is 14.6. The van der Waals surface area contributed by atoms with Crippen LogP contribution >= 0.6 is 11.6 Å². The number of ether oxygens (including phenoxy) is 2. The number of imidazole rings is 1. The van der Waals surface area contributed by atoms with Crippen LogP contribution in [0.1, 0.15) is 34.3 Å². The molecule has 41 heavy (non-hydrogen) atoms. The summed E-state index contributed by atoms with van der Waals surface area (Å²) in [5.74, 6) is 0.398. The molecule has 1 atom stereocenters. The van der Waals surface area contributed by atoms with Gasteiger partial charge in [0.1, 0.15) is 12.3 Å². The number of aryl methyl sites for hydroxylation is 2. The van der Waals surface area contributed by atoms with Crippen LogP contribution in [-0.4, -0.2) is 59.2 Å². The molecule has 0 radical (unpaired) electrons. The molecule has 1 aliphatic heterocycles. The molecule has 0 aliphatic carbocycles. The summed E-state index contributed by atoms with van der Waals surface area (Å²) in [6, 6.07) is 20.5. The van der Waals surface area contributed by atoms with Crippen LogP contribution < -0.4 is 10.1 Å². The third-order valence-corrected chi connectivity index (χ3v) is 7.62. The van der Waals surface area contributed by atoms with Crippen molar-refractivity contribution in [1.29, 1.82) is 0 Å². The lowest BCUT2D eigenvalue weighted by molar-refractivity contribution is -0.117. The second-order valence-corrected chi connectivity index (χ2v) is 10.6. The summed E-state index contributed by atoms with van der Waals surface area (Å²) in [6.45, 7) is 4.85. The van der Waals surface area contributed by atoms with Crippen LogP contribution in [0, 0.1) is 13.8 Å². The van der Waals surface area contributed by atoms with E-state index in [1.165, 1.54) is 4.90 Å². The van der Waals surface area contributed by atoms with Gasteiger partial charge >= 0.3 is 0 Å². The van der Waals surface area contributed by atoms with Gasteiger partial charge in [-0.15, -0.1) is 0 Å². The van der Waals surface area contributed by atoms with Gasteiger partial charge in [-0.3, -0.25) is 19.5 Å². The number of carbonyl (C=O) groups excluding carboxylic acids is 2. The zero-order chi connectivity index (χ0) is 28.9. The van der Waals surface area contributed by atoms with Gasteiger partial charge in [-0.05, 0) is 86.3 Å². The van der Waals surface area contributed by atoms with Crippen LogP contribution in [0.25, 0.3) is 16.9 Å². The number of aromatic nitrogens is 2. The van der Waals surface area contributed by atoms with Crippen LogP contribution in [0.15, 0.2) is 72.9 Å². The first-order valence-electron chi connectivity index (χ1n) is 13.6. The summed E-state index contributed by atoms with van der Waals surface area (Å²) in [5.41, 5.74) is 5.05. The van der Waals surface area contributed by atoms with Gasteiger partial charge in [0, 0.05) is 30.6 Å². The molecule has 9 heteroatoms. The Kier molecular flexibility index (Phi) is 8.71. The van der Waals surface area contributed by atoms with E-state index in [2.05, 4.69) is 18.3 Å². The highest BCUT2D eigenvalue weighted by atomic mass is 35.5. The second kappa shape index (κ2) is 12.6. The Morgan fingerprint density at radius 3 is 2.56 bits per heavy atom. The van der Waals surface area contributed by atoms with Gasteiger partial charge in [-0.25, -0.2) is 4.98 Å². The summed E-state index contributed by atoms with van der Waals surface area (Å²) in [4.78, 5) is 33.3. The van der Waals surface area contributed by atoms with E-state index in [0.29, 0.717) is 35.4 Å². The number of amides is 2. The first-order chi connectivity index (χ1) is 19.8. The van der Waals surface area contributed by atoms with E-state index in [1.807, 2.05) is 54.1 Å². The number of hydrogen-bond acceptors (Lipinski definition) is 5. The Morgan fingerprint density at radius 1 is 1.10 bits per heavy atom. The van der Waals surface area contributed by atoms with Crippen molar-refractivity contribution < 1.29 is 19.1 Å². The number of carbonyl (C=O) groups is 2. The molecule has 2 heterocycles. The van der Waals surface area contributed by atoms with Crippen LogP contribution in [0.5, 0.6) is 5.75 Å². The van der Waals surface area contributed by atoms with Gasteiger partial charge in [0.25, 0.3) is 5.91 Å². The molecule has 3 aromatic carbocycles. The standard InChI is InChI=1S/C32H33ClN4O4/c1-21-10-13-24(17-22(21)2)37-19-29(23-11-14-25(40-3)15-12-23)34-32(37)35-30(38)20-36(18-26-7-6-16-41-26)31(39)27-8-4-5-9-28(27)33/h4-5,8-15,17,19,26H,6-7,16,18,20H2,1-3H3,(H,34,35,38)/t26-/m1/s1. The first kappa shape index (κ1) is 28.4. The molecule has 0 spiro atoms. The van der Waals surface area contributed by atoms with Crippen molar-refractivity contribution >= 4 is 29.4 Å². The van der Waals surface area contributed by atoms with E-state index < -0.39 is 0 Å². The first-order valence-corrected chi connectivity index (χ1v) is 14.0. The number of nitrogens with one attached hydrogen (secondary N) is 1. The number of benzene rings is 3. The minimum atomic E-state index is -0.375. The quantitative estimate of drug-likeness (QED) is 0.263. The van der Waals surface area contributed by atoms with Crippen molar-refractivity contribution in [3.63, 3.8) is 0 Å². The minimum Gasteiger partial charge on any atom is -0.497 e. The molecule has 2 amide bonds. The molecule has 1 N–H and O–H groups in total. The van der Waals surface area contributed by atoms with Gasteiger partial charge in [0.15, 0.2) is 0 Å². The third kappa shape index (κ3) is 6.61. The van der Waals surface area contributed by atoms with Crippen molar-refractivity contribution in [2.75, 3.05) is 32.1 Å². The van der Waals surface area contributed by atoms with Crippen LogP contribution in [0.2, 0.25) is 5.02 Å². The van der Waals surface area contributed by atoms with Crippen LogP contribution in [0.3, 0.4) is 0 Å². The number of anilines is 1. The number of nitrogens with zero attached hydrogens (tertiary/aromatic N) is 3. The summed E-state index contributed by atoms with van der Waals surface area (Å²) in [5, 5.41) is 3.29. The summed E-state index contributed by atoms with van der Waals surface area (Å²) < 4.78 is 12.9. The maximum Gasteiger partial charge on any atom is 0.255 e. The molecule has 0 unspecified atom stereocenters. The predicted octanol–water partition coefficient (Wildman–Crippen LogP) is 6.08. The maximum absolute atomic E-state index is 13.5. The molecule has 0 bridgehead atoms. The average molecular weight is 573 g/mol. The summed E-state index contributed by atoms with van der Waals surface area (Å²) >= 11 is 6.34. The molecular weight excluding hydrogens is 540 g/mol. The largest absolute Gasteiger partial charge is 0.497 e. The van der Waals surface area contributed by atoms with E-state index in [-0.39, 0.29) is 24.5 Å². The van der Waals surface area contributed by atoms with Crippen molar-refractivity contribution in [1.82, 2.24) is 14.5 Å². The Labute approximate surface area is 244 Å². The van der Waals surface area contributed by atoms with Crippen molar-refractivity contribution in [3.05, 3.63) is 94.6 Å². The van der Waals surface area contributed by atoms with Crippen molar-refractivity contribution in [3.8, 4) is 22.7 Å². The Morgan fingerprint density at radius 2 is 1.88 bits per heavy atom. The van der Waals surface area contributed by atoms with Gasteiger partial charge in [-0.2, -0.15) is 0 Å². The van der Waals surface area contributed by atoms with Gasteiger partial charge in [0.2, 0.25) is 11.9 Å². The Balaban J connectivity index is 1.44. The van der Waals surface area contributed by atoms with Crippen LogP contribution in [-0.2, 0) is 9.53 Å². The minimum absolute atomic E-state index is 0.131. The summed E-state index contributed by atoms with van der Waals surface area (Å²) in [6.07, 6.45) is 3.51. The monoisotopic (exact) mass is 572 g/mol. The SMILES string of the molecule is COc1ccc(-c2cn(-c3ccc(C)c(C)c3)c(NC(=O)CN(C[C@H]3CCCO3)C(=O)c3ccccc3Cl)n2)cc1. The molecule has 0 saturated carbocycles. The highest BCUT2D eigenvalue weighted by Crippen LogP contribution is 2.27. The lowest BCUT2D eigenvalue weighted by Crippen LogP contribution is -2.42. The van der Waals surface area contributed by atoms with E-state index in [4.69, 9.17) is 26.1 Å². The number of halogens is 1. The fourth-order valence-electron chi connectivity index (χ4n) is 4.84. The second-order valence-electron chi connectivity index (χ2n) is 10.2. The molecule has 4 aromatic rings. The van der Waals surface area contributed by atoms with Crippen molar-refractivity contribution in [2.24, 2.45) is 0 Å². The Hall–Kier alpha value is -4.14. The zero-order valence-electron chi connectivity index (χ0n) is 23.4. The number of hydrogen-bond donors (Lipinski definition) is 1. The third-order valence-electron chi connectivity index (χ3n) is 7.29. The maximum atomic E-state index is 13.5. The van der Waals surface area contributed by atoms with Gasteiger partial charge in [0.05, 0.1) is 29.5 Å². The fraction of sp³-hybridized carbons (Fsp3) is 0.281. The fourth-order valence-corrected chi connectivity index (χ4v) is 5.05. The predicted molar refractivity (Wildman–Crippen MR) is 160 cm³/mol. The lowest BCUT2D eigenvalue weighted by Gasteiger charge is -2.25. The number of rotatable bonds is 9. The molecule has 212 valence electrons. The highest BCUT2D eigenvalue weighted by molar-refractivity contribution is 6.33. The van der Waals surface area contributed by atoms with Crippen molar-refractivity contribution in [2.45, 2.75) is 32.8 Å². The van der Waals surface area contributed by atoms with E-state index in [1.54, 1.807) is 31.4 Å². The molecule has 5 rings (SSSR count). The van der Waals surface area contributed by atoms with E-state index in [0.717, 1.165) is 41.0 Å². The molecule has 1 aromatic heterocycles. The van der Waals surface area contributed by atoms with E-state index >= 15 is 0 Å². The van der Waals surface area contributed by atoms with Gasteiger partial charge < -0.3 is 14.4 Å². The molecular formula is C32H33ClN4O4. The highest BCUT2D eigenvalue weighted by Gasteiger charge is 2.27. The lowest BCUT2D eigenvalue weighted by atomic mass is 10.1. The average Bonchev–Trinajstić information content (AvgIpc) is 3.64. The van der Waals surface area contributed by atoms with E-state index in [9.17, 15) is 9.59 Å². The molecule has 1 fully saturated rings. The molecule has 1 saturated heterocycles. The smallest absolute Gasteiger partial charge is 0.255 e. The van der Waals surface area contributed by atoms with Gasteiger partial charge in [-0.1, -0.05) is 29.8 Å². The molecule has 1 aliphatic rings. The Bertz CT molecular complexity index is 1540. The molecule has 8 nitrogen and oxygen atoms in total. The topological polar surface area (TPSA) is 85.7 Å².